The van der Waals surface area contributed by atoms with Crippen molar-refractivity contribution in [2.75, 3.05) is 13.2 Å². The van der Waals surface area contributed by atoms with Crippen LogP contribution in [0, 0.1) is 5.92 Å². The highest BCUT2D eigenvalue weighted by Gasteiger charge is 2.15. The molecule has 2 atom stereocenters. The molecule has 0 bridgehead atoms. The standard InChI is InChI=1S/C16H22O5/c1-12(4-2-3-5-15(18)19)16(20)13-6-8-14(9-7-13)21-11-10-17/h3,5-9,12,16-17,20H,2,4,10-11H2,1H3,(H,18,19)/b5-3+/t12-,16+/m1/s1. The number of allylic oxidation sites excluding steroid dienone is 1. The third kappa shape index (κ3) is 6.42. The number of ether oxygens (including phenoxy) is 1. The Morgan fingerprint density at radius 3 is 2.57 bits per heavy atom. The second-order valence-corrected chi connectivity index (χ2v) is 4.88. The molecule has 0 radical (unpaired) electrons. The molecular weight excluding hydrogens is 272 g/mol. The van der Waals surface area contributed by atoms with Gasteiger partial charge in [-0.15, -0.1) is 0 Å². The number of aliphatic carboxylic acids is 1. The molecule has 0 spiro atoms. The van der Waals surface area contributed by atoms with Crippen molar-refractivity contribution < 1.29 is 24.9 Å². The third-order valence-corrected chi connectivity index (χ3v) is 3.17. The summed E-state index contributed by atoms with van der Waals surface area (Å²) in [5.41, 5.74) is 0.793. The lowest BCUT2D eigenvalue weighted by atomic mass is 9.93. The van der Waals surface area contributed by atoms with E-state index in [1.165, 1.54) is 0 Å². The summed E-state index contributed by atoms with van der Waals surface area (Å²) in [6.07, 6.45) is 3.43. The SMILES string of the molecule is C[C@H](CC/C=C/C(=O)O)[C@H](O)c1ccc(OCCO)cc1. The maximum Gasteiger partial charge on any atom is 0.327 e. The number of hydrogen-bond acceptors (Lipinski definition) is 4. The number of carbonyl (C=O) groups is 1. The molecule has 0 aromatic heterocycles. The molecule has 0 saturated carbocycles. The smallest absolute Gasteiger partial charge is 0.327 e. The molecule has 1 aromatic rings. The summed E-state index contributed by atoms with van der Waals surface area (Å²) in [7, 11) is 0. The van der Waals surface area contributed by atoms with Crippen molar-refractivity contribution in [1.82, 2.24) is 0 Å². The summed E-state index contributed by atoms with van der Waals surface area (Å²) in [5, 5.41) is 27.4. The van der Waals surface area contributed by atoms with Crippen LogP contribution in [0.2, 0.25) is 0 Å². The summed E-state index contributed by atoms with van der Waals surface area (Å²) in [5.74, 6) is -0.286. The number of aliphatic hydroxyl groups is 2. The lowest BCUT2D eigenvalue weighted by Crippen LogP contribution is -2.09. The Kier molecular flexibility index (Phi) is 7.50. The summed E-state index contributed by atoms with van der Waals surface area (Å²) in [4.78, 5) is 10.3. The van der Waals surface area contributed by atoms with Crippen molar-refractivity contribution in [3.63, 3.8) is 0 Å². The van der Waals surface area contributed by atoms with Gasteiger partial charge in [0.15, 0.2) is 0 Å². The number of carboxylic acids is 1. The van der Waals surface area contributed by atoms with Gasteiger partial charge < -0.3 is 20.1 Å². The number of benzene rings is 1. The molecule has 0 heterocycles. The molecule has 0 saturated heterocycles. The first-order chi connectivity index (χ1) is 10.0. The average Bonchev–Trinajstić information content (AvgIpc) is 2.49. The van der Waals surface area contributed by atoms with Crippen molar-refractivity contribution in [3.8, 4) is 5.75 Å². The lowest BCUT2D eigenvalue weighted by Gasteiger charge is -2.19. The van der Waals surface area contributed by atoms with Gasteiger partial charge in [-0.2, -0.15) is 0 Å². The number of rotatable bonds is 9. The molecule has 0 fully saturated rings. The maximum atomic E-state index is 10.3. The molecule has 5 nitrogen and oxygen atoms in total. The zero-order valence-electron chi connectivity index (χ0n) is 12.1. The largest absolute Gasteiger partial charge is 0.491 e. The highest BCUT2D eigenvalue weighted by atomic mass is 16.5. The second-order valence-electron chi connectivity index (χ2n) is 4.88. The molecule has 1 aromatic carbocycles. The fourth-order valence-electron chi connectivity index (χ4n) is 1.95. The van der Waals surface area contributed by atoms with E-state index in [1.807, 2.05) is 6.92 Å². The third-order valence-electron chi connectivity index (χ3n) is 3.17. The van der Waals surface area contributed by atoms with Gasteiger partial charge in [-0.25, -0.2) is 4.79 Å². The number of hydrogen-bond donors (Lipinski definition) is 3. The minimum Gasteiger partial charge on any atom is -0.491 e. The van der Waals surface area contributed by atoms with E-state index in [2.05, 4.69) is 0 Å². The van der Waals surface area contributed by atoms with E-state index < -0.39 is 12.1 Å². The van der Waals surface area contributed by atoms with Crippen molar-refractivity contribution >= 4 is 5.97 Å². The van der Waals surface area contributed by atoms with Crippen molar-refractivity contribution in [3.05, 3.63) is 42.0 Å². The lowest BCUT2D eigenvalue weighted by molar-refractivity contribution is -0.131. The van der Waals surface area contributed by atoms with E-state index in [0.29, 0.717) is 18.6 Å². The molecule has 0 aliphatic carbocycles. The molecule has 3 N–H and O–H groups in total. The quantitative estimate of drug-likeness (QED) is 0.607. The summed E-state index contributed by atoms with van der Waals surface area (Å²) < 4.78 is 5.26. The Bertz CT molecular complexity index is 452. The van der Waals surface area contributed by atoms with Crippen LogP contribution in [-0.2, 0) is 4.79 Å². The van der Waals surface area contributed by atoms with Gasteiger partial charge in [-0.1, -0.05) is 25.1 Å². The predicted octanol–water partition coefficient (Wildman–Crippen LogP) is 2.15. The first-order valence-electron chi connectivity index (χ1n) is 6.95. The van der Waals surface area contributed by atoms with Crippen LogP contribution in [0.15, 0.2) is 36.4 Å². The van der Waals surface area contributed by atoms with Gasteiger partial charge in [0.25, 0.3) is 0 Å². The Morgan fingerprint density at radius 1 is 1.33 bits per heavy atom. The monoisotopic (exact) mass is 294 g/mol. The van der Waals surface area contributed by atoms with E-state index in [-0.39, 0.29) is 19.1 Å². The highest BCUT2D eigenvalue weighted by Crippen LogP contribution is 2.26. The molecule has 116 valence electrons. The predicted molar refractivity (Wildman–Crippen MR) is 79.2 cm³/mol. The maximum absolute atomic E-state index is 10.3. The first kappa shape index (κ1) is 17.2. The van der Waals surface area contributed by atoms with E-state index in [1.54, 1.807) is 30.3 Å². The summed E-state index contributed by atoms with van der Waals surface area (Å²) >= 11 is 0. The Morgan fingerprint density at radius 2 is 2.00 bits per heavy atom. The van der Waals surface area contributed by atoms with E-state index in [0.717, 1.165) is 11.6 Å². The minimum atomic E-state index is -0.957. The Hall–Kier alpha value is -1.85. The fraction of sp³-hybridized carbons (Fsp3) is 0.438. The summed E-state index contributed by atoms with van der Waals surface area (Å²) in [6.45, 7) is 2.13. The average molecular weight is 294 g/mol. The molecule has 1 rings (SSSR count). The van der Waals surface area contributed by atoms with Crippen LogP contribution >= 0.6 is 0 Å². The normalized spacial score (nSPS) is 14.0. The van der Waals surface area contributed by atoms with Crippen molar-refractivity contribution in [2.45, 2.75) is 25.9 Å². The molecule has 0 aliphatic heterocycles. The van der Waals surface area contributed by atoms with E-state index in [4.69, 9.17) is 14.9 Å². The summed E-state index contributed by atoms with van der Waals surface area (Å²) in [6, 6.07) is 7.10. The van der Waals surface area contributed by atoms with E-state index >= 15 is 0 Å². The molecule has 0 aliphatic rings. The van der Waals surface area contributed by atoms with Crippen LogP contribution in [-0.4, -0.2) is 34.5 Å². The molecule has 0 amide bonds. The zero-order chi connectivity index (χ0) is 15.7. The number of aliphatic hydroxyl groups excluding tert-OH is 2. The van der Waals surface area contributed by atoms with Gasteiger partial charge in [0.1, 0.15) is 12.4 Å². The van der Waals surface area contributed by atoms with Crippen LogP contribution in [0.4, 0.5) is 0 Å². The fourth-order valence-corrected chi connectivity index (χ4v) is 1.95. The molecule has 21 heavy (non-hydrogen) atoms. The van der Waals surface area contributed by atoms with Crippen molar-refractivity contribution in [1.29, 1.82) is 0 Å². The van der Waals surface area contributed by atoms with Gasteiger partial charge >= 0.3 is 5.97 Å². The minimum absolute atomic E-state index is 0.0210. The highest BCUT2D eigenvalue weighted by molar-refractivity contribution is 5.79. The van der Waals surface area contributed by atoms with Crippen LogP contribution in [0.1, 0.15) is 31.4 Å². The second kappa shape index (κ2) is 9.15. The first-order valence-corrected chi connectivity index (χ1v) is 6.95. The molecule has 5 heteroatoms. The van der Waals surface area contributed by atoms with Gasteiger partial charge in [-0.3, -0.25) is 0 Å². The van der Waals surface area contributed by atoms with Gasteiger partial charge in [0.2, 0.25) is 0 Å². The van der Waals surface area contributed by atoms with Gasteiger partial charge in [-0.05, 0) is 36.5 Å². The van der Waals surface area contributed by atoms with Crippen LogP contribution in [0.5, 0.6) is 5.75 Å². The Labute approximate surface area is 124 Å². The zero-order valence-corrected chi connectivity index (χ0v) is 12.1. The van der Waals surface area contributed by atoms with Gasteiger partial charge in [0, 0.05) is 6.08 Å². The van der Waals surface area contributed by atoms with Gasteiger partial charge in [0.05, 0.1) is 12.7 Å². The van der Waals surface area contributed by atoms with Crippen molar-refractivity contribution in [2.24, 2.45) is 5.92 Å². The number of carboxylic acid groups (broad SMARTS) is 1. The van der Waals surface area contributed by atoms with Crippen LogP contribution < -0.4 is 4.74 Å². The molecular formula is C16H22O5. The Balaban J connectivity index is 2.49. The van der Waals surface area contributed by atoms with E-state index in [9.17, 15) is 9.90 Å². The molecule has 0 unspecified atom stereocenters. The van der Waals surface area contributed by atoms with Crippen LogP contribution in [0.3, 0.4) is 0 Å². The van der Waals surface area contributed by atoms with Crippen LogP contribution in [0.25, 0.3) is 0 Å². The topological polar surface area (TPSA) is 87.0 Å².